The maximum atomic E-state index is 13.4. The number of methoxy groups -OCH3 is 2. The first-order valence-corrected chi connectivity index (χ1v) is 12.1. The molecule has 0 saturated carbocycles. The summed E-state index contributed by atoms with van der Waals surface area (Å²) in [7, 11) is 4.49. The van der Waals surface area contributed by atoms with E-state index in [9.17, 15) is 14.4 Å². The van der Waals surface area contributed by atoms with Crippen LogP contribution in [-0.2, 0) is 16.1 Å². The van der Waals surface area contributed by atoms with Crippen molar-refractivity contribution >= 4 is 58.5 Å². The number of urea groups is 1. The lowest BCUT2D eigenvalue weighted by Gasteiger charge is -2.35. The second-order valence-electron chi connectivity index (χ2n) is 8.71. The Labute approximate surface area is 223 Å². The van der Waals surface area contributed by atoms with E-state index in [0.717, 1.165) is 0 Å². The molecule has 3 heterocycles. The van der Waals surface area contributed by atoms with E-state index >= 15 is 0 Å². The monoisotopic (exact) mass is 551 g/mol. The third-order valence-electron chi connectivity index (χ3n) is 6.29. The number of nitrogens with zero attached hydrogens (tertiary/aromatic N) is 5. The summed E-state index contributed by atoms with van der Waals surface area (Å²) in [6.07, 6.45) is 1.60. The highest BCUT2D eigenvalue weighted by Gasteiger charge is 2.37. The zero-order chi connectivity index (χ0) is 27.0. The van der Waals surface area contributed by atoms with Gasteiger partial charge in [0, 0.05) is 51.8 Å². The number of benzene rings is 1. The Bertz CT molecular complexity index is 1230. The van der Waals surface area contributed by atoms with Crippen LogP contribution < -0.4 is 29.9 Å². The van der Waals surface area contributed by atoms with Gasteiger partial charge in [0.2, 0.25) is 17.8 Å². The molecule has 4 rings (SSSR count). The number of likely N-dealkylation sites (tertiary alicyclic amines) is 1. The van der Waals surface area contributed by atoms with E-state index in [-0.39, 0.29) is 52.1 Å². The molecule has 2 aliphatic rings. The van der Waals surface area contributed by atoms with Gasteiger partial charge >= 0.3 is 6.03 Å². The molecular weight excluding hydrogens is 525 g/mol. The van der Waals surface area contributed by atoms with E-state index in [2.05, 4.69) is 20.6 Å². The topological polar surface area (TPSA) is 129 Å². The summed E-state index contributed by atoms with van der Waals surface area (Å²) in [5.41, 5.74) is 0.898. The number of fused-ring (bicyclic) bond motifs is 1. The van der Waals surface area contributed by atoms with Crippen LogP contribution in [0.3, 0.4) is 0 Å². The van der Waals surface area contributed by atoms with Crippen LogP contribution in [0.15, 0.2) is 12.3 Å². The molecule has 0 aliphatic carbocycles. The minimum absolute atomic E-state index is 0.0945. The number of hydrogen-bond acceptors (Lipinski definition) is 8. The third kappa shape index (κ3) is 5.03. The number of anilines is 3. The summed E-state index contributed by atoms with van der Waals surface area (Å²) in [5.74, 6) is 0.975. The van der Waals surface area contributed by atoms with E-state index < -0.39 is 6.03 Å². The Morgan fingerprint density at radius 2 is 1.70 bits per heavy atom. The van der Waals surface area contributed by atoms with Crippen molar-refractivity contribution in [2.24, 2.45) is 0 Å². The Morgan fingerprint density at radius 3 is 2.27 bits per heavy atom. The van der Waals surface area contributed by atoms with Crippen molar-refractivity contribution in [2.45, 2.75) is 32.5 Å². The molecule has 0 spiro atoms. The number of amides is 4. The smallest absolute Gasteiger partial charge is 0.330 e. The molecule has 12 nitrogen and oxygen atoms in total. The molecule has 0 bridgehead atoms. The van der Waals surface area contributed by atoms with Crippen LogP contribution in [0.4, 0.5) is 22.2 Å². The van der Waals surface area contributed by atoms with Gasteiger partial charge in [0.15, 0.2) is 0 Å². The summed E-state index contributed by atoms with van der Waals surface area (Å²) < 4.78 is 10.7. The number of rotatable bonds is 6. The van der Waals surface area contributed by atoms with E-state index in [4.69, 9.17) is 32.7 Å². The predicted molar refractivity (Wildman–Crippen MR) is 139 cm³/mol. The number of ether oxygens (including phenoxy) is 2. The van der Waals surface area contributed by atoms with Gasteiger partial charge < -0.3 is 25.0 Å². The second kappa shape index (κ2) is 10.5. The minimum Gasteiger partial charge on any atom is -0.495 e. The lowest BCUT2D eigenvalue weighted by atomic mass is 10.1. The van der Waals surface area contributed by atoms with Crippen LogP contribution in [-0.4, -0.2) is 79.2 Å². The molecule has 37 heavy (non-hydrogen) atoms. The first-order chi connectivity index (χ1) is 17.5. The molecule has 1 aromatic heterocycles. The van der Waals surface area contributed by atoms with Crippen LogP contribution in [0.1, 0.15) is 19.4 Å². The van der Waals surface area contributed by atoms with Gasteiger partial charge in [-0.15, -0.1) is 0 Å². The van der Waals surface area contributed by atoms with Crippen molar-refractivity contribution in [3.8, 4) is 11.5 Å². The van der Waals surface area contributed by atoms with Gasteiger partial charge in [-0.3, -0.25) is 19.4 Å². The average Bonchev–Trinajstić information content (AvgIpc) is 3.24. The fraction of sp³-hybridized carbons (Fsp3) is 0.435. The highest BCUT2D eigenvalue weighted by Crippen LogP contribution is 2.47. The molecular formula is C23H27Cl2N7O5. The van der Waals surface area contributed by atoms with Crippen LogP contribution in [0.2, 0.25) is 10.0 Å². The summed E-state index contributed by atoms with van der Waals surface area (Å²) >= 11 is 13.1. The van der Waals surface area contributed by atoms with Gasteiger partial charge in [-0.1, -0.05) is 23.2 Å². The van der Waals surface area contributed by atoms with Gasteiger partial charge in [0.1, 0.15) is 27.4 Å². The highest BCUT2D eigenvalue weighted by atomic mass is 35.5. The Hall–Kier alpha value is -3.51. The van der Waals surface area contributed by atoms with Gasteiger partial charge in [-0.05, 0) is 0 Å². The van der Waals surface area contributed by atoms with Crippen LogP contribution >= 0.6 is 23.2 Å². The SMILES string of the molecule is COc1cc(OC)c(Cl)c(N2Cc3cnc(NC4CN(C(C)=O)CC4NC(C)=O)nc3N(C)C2=O)c1Cl. The Balaban J connectivity index is 1.63. The van der Waals surface area contributed by atoms with E-state index in [1.54, 1.807) is 24.2 Å². The number of carbonyl (C=O) groups is 3. The third-order valence-corrected chi connectivity index (χ3v) is 7.02. The minimum atomic E-state index is -0.420. The van der Waals surface area contributed by atoms with Crippen LogP contribution in [0, 0.1) is 0 Å². The molecule has 4 amide bonds. The van der Waals surface area contributed by atoms with Crippen LogP contribution in [0.25, 0.3) is 0 Å². The highest BCUT2D eigenvalue weighted by molar-refractivity contribution is 6.42. The number of carbonyl (C=O) groups excluding carboxylic acids is 3. The zero-order valence-corrected chi connectivity index (χ0v) is 22.5. The van der Waals surface area contributed by atoms with Gasteiger partial charge in [-0.2, -0.15) is 4.98 Å². The van der Waals surface area contributed by atoms with Crippen molar-refractivity contribution in [1.29, 1.82) is 0 Å². The maximum Gasteiger partial charge on any atom is 0.330 e. The Morgan fingerprint density at radius 1 is 1.08 bits per heavy atom. The van der Waals surface area contributed by atoms with Crippen molar-refractivity contribution in [1.82, 2.24) is 20.2 Å². The predicted octanol–water partition coefficient (Wildman–Crippen LogP) is 2.52. The summed E-state index contributed by atoms with van der Waals surface area (Å²) in [6.45, 7) is 3.75. The second-order valence-corrected chi connectivity index (χ2v) is 9.47. The number of hydrogen-bond donors (Lipinski definition) is 2. The molecule has 2 aliphatic heterocycles. The number of halogens is 2. The van der Waals surface area contributed by atoms with E-state index in [1.807, 2.05) is 0 Å². The molecule has 1 fully saturated rings. The maximum absolute atomic E-state index is 13.4. The molecule has 2 aromatic rings. The molecule has 1 saturated heterocycles. The largest absolute Gasteiger partial charge is 0.495 e. The lowest BCUT2D eigenvalue weighted by molar-refractivity contribution is -0.128. The Kier molecular flexibility index (Phi) is 7.51. The van der Waals surface area contributed by atoms with Crippen molar-refractivity contribution < 1.29 is 23.9 Å². The van der Waals surface area contributed by atoms with E-state index in [0.29, 0.717) is 36.0 Å². The molecule has 2 N–H and O–H groups in total. The average molecular weight is 552 g/mol. The first-order valence-electron chi connectivity index (χ1n) is 11.4. The molecule has 2 atom stereocenters. The quantitative estimate of drug-likeness (QED) is 0.560. The van der Waals surface area contributed by atoms with Gasteiger partial charge in [-0.25, -0.2) is 9.78 Å². The standard InChI is InChI=1S/C23H27Cl2N7O5/c1-11(33)27-14-9-31(12(2)34)10-15(14)28-22-26-7-13-8-32(23(35)30(3)21(13)29-22)20-18(24)16(36-4)6-17(37-5)19(20)25/h6-7,14-15H,8-10H2,1-5H3,(H,27,33)(H,26,28,29). The zero-order valence-electron chi connectivity index (χ0n) is 21.0. The molecule has 14 heteroatoms. The molecule has 0 radical (unpaired) electrons. The summed E-state index contributed by atoms with van der Waals surface area (Å²) in [6, 6.07) is 0.499. The molecule has 2 unspecified atom stereocenters. The van der Waals surface area contributed by atoms with Crippen molar-refractivity contribution in [3.63, 3.8) is 0 Å². The number of nitrogens with one attached hydrogen (secondary N) is 2. The fourth-order valence-corrected chi connectivity index (χ4v) is 5.15. The first kappa shape index (κ1) is 26.6. The van der Waals surface area contributed by atoms with Gasteiger partial charge in [0.05, 0.1) is 38.5 Å². The summed E-state index contributed by atoms with van der Waals surface area (Å²) in [5, 5.41) is 6.39. The number of aromatic nitrogens is 2. The normalized spacial score (nSPS) is 19.0. The van der Waals surface area contributed by atoms with Crippen molar-refractivity contribution in [2.75, 3.05) is 49.5 Å². The lowest BCUT2D eigenvalue weighted by Crippen LogP contribution is -2.47. The molecule has 1 aromatic carbocycles. The van der Waals surface area contributed by atoms with Gasteiger partial charge in [0.25, 0.3) is 0 Å². The fourth-order valence-electron chi connectivity index (χ4n) is 4.44. The summed E-state index contributed by atoms with van der Waals surface area (Å²) in [4.78, 5) is 50.4. The molecule has 198 valence electrons. The van der Waals surface area contributed by atoms with E-state index in [1.165, 1.54) is 37.9 Å². The van der Waals surface area contributed by atoms with Crippen LogP contribution in [0.5, 0.6) is 11.5 Å². The van der Waals surface area contributed by atoms with Crippen molar-refractivity contribution in [3.05, 3.63) is 27.9 Å².